The molecule has 1 N–H and O–H groups in total. The fourth-order valence-corrected chi connectivity index (χ4v) is 2.47. The third kappa shape index (κ3) is 10.9. The number of hydrogen-bond acceptors (Lipinski definition) is 4. The molecule has 0 atom stereocenters. The zero-order valence-electron chi connectivity index (χ0n) is 15.5. The largest absolute Gasteiger partial charge is 0.506 e. The van der Waals surface area contributed by atoms with Gasteiger partial charge in [-0.1, -0.05) is 71.6 Å². The van der Waals surface area contributed by atoms with E-state index >= 15 is 0 Å². The molecule has 0 rings (SSSR count). The normalized spacial score (nSPS) is 12.2. The van der Waals surface area contributed by atoms with Crippen LogP contribution in [0.5, 0.6) is 0 Å². The summed E-state index contributed by atoms with van der Waals surface area (Å²) in [6.45, 7) is 3.68. The molecule has 0 aromatic carbocycles. The Bertz CT molecular complexity index is 420. The topological polar surface area (TPSA) is 63.6 Å². The van der Waals surface area contributed by atoms with Crippen molar-refractivity contribution in [2.24, 2.45) is 0 Å². The number of aliphatic hydroxyl groups is 1. The van der Waals surface area contributed by atoms with Crippen LogP contribution >= 0.6 is 0 Å². The van der Waals surface area contributed by atoms with Crippen molar-refractivity contribution in [3.63, 3.8) is 0 Å². The molecule has 0 aliphatic rings. The second kappa shape index (κ2) is 14.8. The number of carbonyl (C=O) groups is 2. The number of alkyl halides is 2. The van der Waals surface area contributed by atoms with E-state index in [1.165, 1.54) is 45.4 Å². The molecule has 0 amide bonds. The number of ketones is 1. The first-order valence-electron chi connectivity index (χ1n) is 9.37. The highest BCUT2D eigenvalue weighted by atomic mass is 19.3. The van der Waals surface area contributed by atoms with Gasteiger partial charge in [0.1, 0.15) is 5.57 Å². The van der Waals surface area contributed by atoms with Crippen LogP contribution in [0.25, 0.3) is 0 Å². The first kappa shape index (κ1) is 23.5. The van der Waals surface area contributed by atoms with Crippen LogP contribution in [0.1, 0.15) is 84.5 Å². The Balaban J connectivity index is 3.94. The van der Waals surface area contributed by atoms with Crippen molar-refractivity contribution in [3.8, 4) is 0 Å². The van der Waals surface area contributed by atoms with E-state index in [0.29, 0.717) is 6.42 Å². The molecule has 0 saturated heterocycles. The Hall–Kier alpha value is -1.46. The predicted molar refractivity (Wildman–Crippen MR) is 93.8 cm³/mol. The molecule has 0 spiro atoms. The van der Waals surface area contributed by atoms with Crippen LogP contribution in [-0.2, 0) is 14.3 Å². The van der Waals surface area contributed by atoms with E-state index in [0.717, 1.165) is 19.3 Å². The van der Waals surface area contributed by atoms with Gasteiger partial charge in [0.2, 0.25) is 0 Å². The molecular formula is C19H32F2O4. The predicted octanol–water partition coefficient (Wildman–Crippen LogP) is 5.51. The lowest BCUT2D eigenvalue weighted by atomic mass is 10.1. The molecule has 0 heterocycles. The van der Waals surface area contributed by atoms with E-state index in [4.69, 9.17) is 4.74 Å². The quantitative estimate of drug-likeness (QED) is 0.104. The summed E-state index contributed by atoms with van der Waals surface area (Å²) in [5, 5.41) is 9.24. The molecule has 0 aromatic heterocycles. The van der Waals surface area contributed by atoms with E-state index in [9.17, 15) is 23.5 Å². The Morgan fingerprint density at radius 3 is 1.80 bits per heavy atom. The summed E-state index contributed by atoms with van der Waals surface area (Å²) < 4.78 is 29.9. The monoisotopic (exact) mass is 362 g/mol. The van der Waals surface area contributed by atoms with Crippen LogP contribution in [0.2, 0.25) is 0 Å². The highest BCUT2D eigenvalue weighted by Crippen LogP contribution is 2.16. The van der Waals surface area contributed by atoms with Crippen LogP contribution in [-0.4, -0.2) is 29.9 Å². The Labute approximate surface area is 149 Å². The summed E-state index contributed by atoms with van der Waals surface area (Å²) in [5.74, 6) is -3.51. The summed E-state index contributed by atoms with van der Waals surface area (Å²) in [4.78, 5) is 23.3. The van der Waals surface area contributed by atoms with E-state index in [-0.39, 0.29) is 13.0 Å². The highest BCUT2D eigenvalue weighted by Gasteiger charge is 2.27. The fraction of sp³-hybridized carbons (Fsp3) is 0.789. The van der Waals surface area contributed by atoms with Gasteiger partial charge in [0.05, 0.1) is 6.61 Å². The first-order valence-corrected chi connectivity index (χ1v) is 9.37. The van der Waals surface area contributed by atoms with Crippen molar-refractivity contribution < 1.29 is 28.2 Å². The molecule has 0 aliphatic carbocycles. The zero-order chi connectivity index (χ0) is 19.1. The molecule has 146 valence electrons. The van der Waals surface area contributed by atoms with Crippen LogP contribution in [0.15, 0.2) is 11.3 Å². The van der Waals surface area contributed by atoms with Gasteiger partial charge in [0, 0.05) is 6.42 Å². The lowest BCUT2D eigenvalue weighted by molar-refractivity contribution is -0.141. The average molecular weight is 362 g/mol. The minimum Gasteiger partial charge on any atom is -0.506 e. The van der Waals surface area contributed by atoms with E-state index in [2.05, 4.69) is 6.92 Å². The summed E-state index contributed by atoms with van der Waals surface area (Å²) in [7, 11) is 0. The number of ether oxygens (including phenoxy) is 1. The number of allylic oxidation sites excluding steroid dienone is 1. The maximum absolute atomic E-state index is 12.5. The smallest absolute Gasteiger partial charge is 0.345 e. The molecule has 0 aliphatic heterocycles. The minimum atomic E-state index is -3.27. The fourth-order valence-electron chi connectivity index (χ4n) is 2.47. The van der Waals surface area contributed by atoms with E-state index < -0.39 is 29.5 Å². The molecule has 0 unspecified atom stereocenters. The van der Waals surface area contributed by atoms with Gasteiger partial charge < -0.3 is 9.84 Å². The molecule has 0 bridgehead atoms. The van der Waals surface area contributed by atoms with Crippen molar-refractivity contribution in [1.82, 2.24) is 0 Å². The molecule has 25 heavy (non-hydrogen) atoms. The van der Waals surface area contributed by atoms with Crippen LogP contribution in [0, 0.1) is 0 Å². The van der Waals surface area contributed by atoms with Gasteiger partial charge in [0.25, 0.3) is 6.43 Å². The molecule has 0 saturated carbocycles. The second-order valence-electron chi connectivity index (χ2n) is 6.16. The summed E-state index contributed by atoms with van der Waals surface area (Å²) in [6.07, 6.45) is 7.79. The lowest BCUT2D eigenvalue weighted by Gasteiger charge is -2.09. The summed E-state index contributed by atoms with van der Waals surface area (Å²) >= 11 is 0. The van der Waals surface area contributed by atoms with Crippen molar-refractivity contribution >= 4 is 11.8 Å². The van der Waals surface area contributed by atoms with Gasteiger partial charge in [-0.3, -0.25) is 4.79 Å². The van der Waals surface area contributed by atoms with Gasteiger partial charge >= 0.3 is 5.97 Å². The highest BCUT2D eigenvalue weighted by molar-refractivity contribution is 6.17. The third-order valence-electron chi connectivity index (χ3n) is 4.00. The third-order valence-corrected chi connectivity index (χ3v) is 4.00. The van der Waals surface area contributed by atoms with Gasteiger partial charge in [-0.25, -0.2) is 13.6 Å². The standard InChI is InChI=1S/C19H32F2O4/c1-3-5-6-7-8-9-10-11-12-13-14-25-19(24)16(15(22)4-2)17(23)18(20)21/h18,23H,3-14H2,1-2H3. The number of aliphatic hydroxyl groups excluding tert-OH is 1. The summed E-state index contributed by atoms with van der Waals surface area (Å²) in [5.41, 5.74) is -0.926. The van der Waals surface area contributed by atoms with Gasteiger partial charge in [0.15, 0.2) is 11.5 Å². The van der Waals surface area contributed by atoms with Crippen LogP contribution < -0.4 is 0 Å². The molecule has 6 heteroatoms. The van der Waals surface area contributed by atoms with Crippen molar-refractivity contribution in [2.75, 3.05) is 6.61 Å². The molecule has 4 nitrogen and oxygen atoms in total. The van der Waals surface area contributed by atoms with Gasteiger partial charge in [-0.05, 0) is 6.42 Å². The average Bonchev–Trinajstić information content (AvgIpc) is 2.59. The number of hydrogen-bond donors (Lipinski definition) is 1. The molecule has 0 aromatic rings. The number of halogens is 2. The Kier molecular flexibility index (Phi) is 14.0. The van der Waals surface area contributed by atoms with Gasteiger partial charge in [-0.2, -0.15) is 0 Å². The Morgan fingerprint density at radius 2 is 1.36 bits per heavy atom. The first-order chi connectivity index (χ1) is 12.0. The minimum absolute atomic E-state index is 0.0619. The van der Waals surface area contributed by atoms with Crippen molar-refractivity contribution in [3.05, 3.63) is 11.3 Å². The van der Waals surface area contributed by atoms with Crippen LogP contribution in [0.4, 0.5) is 8.78 Å². The SMILES string of the molecule is CCCCCCCCCCCCOC(=O)C(C(=O)CC)=C(O)C(F)F. The van der Waals surface area contributed by atoms with E-state index in [1.54, 1.807) is 0 Å². The maximum Gasteiger partial charge on any atom is 0.345 e. The zero-order valence-corrected chi connectivity index (χ0v) is 15.5. The summed E-state index contributed by atoms with van der Waals surface area (Å²) in [6, 6.07) is 0. The van der Waals surface area contributed by atoms with Crippen molar-refractivity contribution in [2.45, 2.75) is 90.9 Å². The van der Waals surface area contributed by atoms with Crippen molar-refractivity contribution in [1.29, 1.82) is 0 Å². The number of Topliss-reactive ketones (excluding diaryl/α,β-unsaturated/α-hetero) is 1. The second-order valence-corrected chi connectivity index (χ2v) is 6.16. The maximum atomic E-state index is 12.5. The molecule has 0 fully saturated rings. The number of unbranched alkanes of at least 4 members (excludes halogenated alkanes) is 9. The lowest BCUT2D eigenvalue weighted by Crippen LogP contribution is -2.20. The number of rotatable bonds is 15. The number of carbonyl (C=O) groups excluding carboxylic acids is 2. The molecular weight excluding hydrogens is 330 g/mol. The molecule has 0 radical (unpaired) electrons. The van der Waals surface area contributed by atoms with E-state index in [1.807, 2.05) is 0 Å². The van der Waals surface area contributed by atoms with Crippen LogP contribution in [0.3, 0.4) is 0 Å². The van der Waals surface area contributed by atoms with Gasteiger partial charge in [-0.15, -0.1) is 0 Å². The number of esters is 1. The Morgan fingerprint density at radius 1 is 0.880 bits per heavy atom.